The molecule has 0 rings (SSSR count). The number of phosphoric acid groups is 1. The average molecular weight is 701 g/mol. The summed E-state index contributed by atoms with van der Waals surface area (Å²) in [6, 6.07) is 0. The smallest absolute Gasteiger partial charge is 0.462 e. The van der Waals surface area contributed by atoms with Crippen molar-refractivity contribution in [1.29, 1.82) is 0 Å². The second-order valence-electron chi connectivity index (χ2n) is 13.1. The number of carbonyl (C=O) groups is 2. The molecule has 0 radical (unpaired) electrons. The van der Waals surface area contributed by atoms with E-state index in [4.69, 9.17) is 14.0 Å². The van der Waals surface area contributed by atoms with E-state index >= 15 is 0 Å². The highest BCUT2D eigenvalue weighted by Gasteiger charge is 2.24. The molecule has 9 heteroatoms. The average Bonchev–Trinajstić information content (AvgIpc) is 3.07. The molecule has 1 N–H and O–H groups in total. The first-order chi connectivity index (χ1) is 23.3. The van der Waals surface area contributed by atoms with Crippen LogP contribution < -0.4 is 0 Å². The van der Waals surface area contributed by atoms with Crippen molar-refractivity contribution < 1.29 is 37.6 Å². The maximum atomic E-state index is 12.5. The molecule has 0 saturated carbocycles. The molecule has 0 aliphatic carbocycles. The zero-order valence-electron chi connectivity index (χ0n) is 31.1. The van der Waals surface area contributed by atoms with Gasteiger partial charge in [0.1, 0.15) is 6.61 Å². The molecule has 2 unspecified atom stereocenters. The summed E-state index contributed by atoms with van der Waals surface area (Å²) in [6.45, 7) is 3.83. The van der Waals surface area contributed by atoms with Crippen LogP contribution in [0.2, 0.25) is 0 Å². The van der Waals surface area contributed by atoms with Gasteiger partial charge in [0.15, 0.2) is 6.10 Å². The fourth-order valence-corrected chi connectivity index (χ4v) is 5.80. The summed E-state index contributed by atoms with van der Waals surface area (Å²) >= 11 is 0. The van der Waals surface area contributed by atoms with Crippen LogP contribution in [0.15, 0.2) is 24.3 Å². The van der Waals surface area contributed by atoms with E-state index in [1.165, 1.54) is 83.5 Å². The van der Waals surface area contributed by atoms with Crippen LogP contribution in [0.5, 0.6) is 0 Å². The summed E-state index contributed by atoms with van der Waals surface area (Å²) in [5.41, 5.74) is 0. The highest BCUT2D eigenvalue weighted by Crippen LogP contribution is 2.42. The monoisotopic (exact) mass is 701 g/mol. The van der Waals surface area contributed by atoms with Gasteiger partial charge in [-0.3, -0.25) is 18.6 Å². The molecule has 0 saturated heterocycles. The molecule has 0 aromatic heterocycles. The molecule has 48 heavy (non-hydrogen) atoms. The highest BCUT2D eigenvalue weighted by molar-refractivity contribution is 7.47. The van der Waals surface area contributed by atoms with E-state index in [0.717, 1.165) is 77.7 Å². The van der Waals surface area contributed by atoms with Crippen LogP contribution in [-0.4, -0.2) is 43.3 Å². The highest BCUT2D eigenvalue weighted by atomic mass is 31.2. The third kappa shape index (κ3) is 34.4. The predicted molar refractivity (Wildman–Crippen MR) is 198 cm³/mol. The summed E-state index contributed by atoms with van der Waals surface area (Å²) in [5, 5.41) is 0. The van der Waals surface area contributed by atoms with E-state index in [1.807, 2.05) is 0 Å². The first-order valence-corrected chi connectivity index (χ1v) is 21.0. The van der Waals surface area contributed by atoms with Crippen LogP contribution in [0.4, 0.5) is 0 Å². The zero-order chi connectivity index (χ0) is 35.4. The second kappa shape index (κ2) is 35.4. The Morgan fingerprint density at radius 2 is 0.958 bits per heavy atom. The van der Waals surface area contributed by atoms with Gasteiger partial charge in [0.25, 0.3) is 0 Å². The Labute approximate surface area is 294 Å². The Morgan fingerprint density at radius 3 is 1.42 bits per heavy atom. The minimum Gasteiger partial charge on any atom is -0.462 e. The van der Waals surface area contributed by atoms with Gasteiger partial charge >= 0.3 is 19.8 Å². The van der Waals surface area contributed by atoms with Crippen molar-refractivity contribution in [2.75, 3.05) is 20.3 Å². The largest absolute Gasteiger partial charge is 0.472 e. The molecule has 0 fully saturated rings. The lowest BCUT2D eigenvalue weighted by molar-refractivity contribution is -0.161. The Kier molecular flexibility index (Phi) is 34.3. The molecule has 2 atom stereocenters. The minimum absolute atomic E-state index is 0.229. The Bertz CT molecular complexity index is 844. The molecule has 282 valence electrons. The molecule has 0 aliphatic heterocycles. The van der Waals surface area contributed by atoms with Crippen LogP contribution in [0.25, 0.3) is 0 Å². The summed E-state index contributed by atoms with van der Waals surface area (Å²) in [6.07, 6.45) is 38.0. The lowest BCUT2D eigenvalue weighted by atomic mass is 10.1. The number of phosphoric ester groups is 1. The number of hydrogen-bond donors (Lipinski definition) is 1. The molecular weight excluding hydrogens is 627 g/mol. The molecule has 0 heterocycles. The molecule has 0 aromatic carbocycles. The summed E-state index contributed by atoms with van der Waals surface area (Å²) in [5.74, 6) is -0.818. The van der Waals surface area contributed by atoms with E-state index in [2.05, 4.69) is 42.7 Å². The Morgan fingerprint density at radius 1 is 0.562 bits per heavy atom. The number of ether oxygens (including phenoxy) is 2. The fraction of sp³-hybridized carbons (Fsp3) is 0.846. The zero-order valence-corrected chi connectivity index (χ0v) is 32.0. The Balaban J connectivity index is 4.02. The number of unbranched alkanes of at least 4 members (excludes halogenated alkanes) is 21. The molecule has 0 aliphatic rings. The van der Waals surface area contributed by atoms with E-state index < -0.39 is 26.5 Å². The van der Waals surface area contributed by atoms with Gasteiger partial charge in [-0.05, 0) is 57.8 Å². The topological polar surface area (TPSA) is 108 Å². The van der Waals surface area contributed by atoms with Gasteiger partial charge in [0, 0.05) is 20.0 Å². The van der Waals surface area contributed by atoms with Gasteiger partial charge in [0.2, 0.25) is 0 Å². The van der Waals surface area contributed by atoms with Crippen molar-refractivity contribution in [3.05, 3.63) is 24.3 Å². The van der Waals surface area contributed by atoms with Gasteiger partial charge in [-0.15, -0.1) is 0 Å². The van der Waals surface area contributed by atoms with Crippen molar-refractivity contribution >= 4 is 19.8 Å². The number of esters is 2. The number of hydrogen-bond acceptors (Lipinski definition) is 7. The van der Waals surface area contributed by atoms with Crippen molar-refractivity contribution in [2.24, 2.45) is 0 Å². The SMILES string of the molecule is CCCC/C=C\CCCCCCCC(=O)OCC(COP(=O)(O)OC)OC(=O)CCCCCCCCC/C=C\CCCCCCCCC. The van der Waals surface area contributed by atoms with Gasteiger partial charge in [-0.25, -0.2) is 4.57 Å². The number of carbonyl (C=O) groups excluding carboxylic acids is 2. The Hall–Kier alpha value is -1.47. The van der Waals surface area contributed by atoms with Crippen LogP contribution in [0, 0.1) is 0 Å². The van der Waals surface area contributed by atoms with Gasteiger partial charge in [-0.2, -0.15) is 0 Å². The third-order valence-electron chi connectivity index (χ3n) is 8.42. The first-order valence-electron chi connectivity index (χ1n) is 19.5. The lowest BCUT2D eigenvalue weighted by Gasteiger charge is -2.19. The summed E-state index contributed by atoms with van der Waals surface area (Å²) < 4.78 is 31.9. The third-order valence-corrected chi connectivity index (χ3v) is 9.35. The van der Waals surface area contributed by atoms with Crippen molar-refractivity contribution in [2.45, 2.75) is 193 Å². The molecule has 0 bridgehead atoms. The van der Waals surface area contributed by atoms with E-state index in [1.54, 1.807) is 0 Å². The molecular formula is C39H73O8P. The summed E-state index contributed by atoms with van der Waals surface area (Å²) in [4.78, 5) is 34.3. The second-order valence-corrected chi connectivity index (χ2v) is 14.6. The van der Waals surface area contributed by atoms with Crippen molar-refractivity contribution in [3.8, 4) is 0 Å². The quantitative estimate of drug-likeness (QED) is 0.0298. The number of rotatable bonds is 36. The lowest BCUT2D eigenvalue weighted by Crippen LogP contribution is -2.29. The molecule has 0 spiro atoms. The van der Waals surface area contributed by atoms with Crippen molar-refractivity contribution in [3.63, 3.8) is 0 Å². The van der Waals surface area contributed by atoms with Crippen LogP contribution in [-0.2, 0) is 32.7 Å². The van der Waals surface area contributed by atoms with Gasteiger partial charge in [0.05, 0.1) is 6.61 Å². The predicted octanol–water partition coefficient (Wildman–Crippen LogP) is 11.9. The molecule has 0 aromatic rings. The van der Waals surface area contributed by atoms with E-state index in [-0.39, 0.29) is 25.4 Å². The fourth-order valence-electron chi connectivity index (χ4n) is 5.34. The maximum Gasteiger partial charge on any atom is 0.472 e. The van der Waals surface area contributed by atoms with E-state index in [9.17, 15) is 19.0 Å². The van der Waals surface area contributed by atoms with Crippen LogP contribution >= 0.6 is 7.82 Å². The van der Waals surface area contributed by atoms with Crippen LogP contribution in [0.3, 0.4) is 0 Å². The van der Waals surface area contributed by atoms with E-state index in [0.29, 0.717) is 6.42 Å². The summed E-state index contributed by atoms with van der Waals surface area (Å²) in [7, 11) is -3.20. The number of allylic oxidation sites excluding steroid dienone is 4. The molecule has 8 nitrogen and oxygen atoms in total. The normalized spacial score (nSPS) is 13.7. The van der Waals surface area contributed by atoms with Crippen LogP contribution in [0.1, 0.15) is 187 Å². The standard InChI is InChI=1S/C39H73O8P/c1-4-6-8-10-12-14-16-17-18-19-20-21-22-24-26-28-30-32-34-39(41)47-37(36-46-48(42,43)44-3)35-45-38(40)33-31-29-27-25-23-15-13-11-9-7-5-2/h11,13,18-19,37H,4-10,12,14-17,20-36H2,1-3H3,(H,42,43)/b13-11-,19-18-. The van der Waals surface area contributed by atoms with Gasteiger partial charge in [-0.1, -0.05) is 141 Å². The maximum absolute atomic E-state index is 12.5. The van der Waals surface area contributed by atoms with Gasteiger partial charge < -0.3 is 14.4 Å². The molecule has 0 amide bonds. The minimum atomic E-state index is -4.26. The first kappa shape index (κ1) is 46.5. The van der Waals surface area contributed by atoms with Crippen molar-refractivity contribution in [1.82, 2.24) is 0 Å².